The summed E-state index contributed by atoms with van der Waals surface area (Å²) >= 11 is 0. The molecule has 120 valence electrons. The number of carbonyl (C=O) groups is 1. The normalized spacial score (nSPS) is 14.9. The zero-order chi connectivity index (χ0) is 15.7. The van der Waals surface area contributed by atoms with Crippen molar-refractivity contribution < 1.29 is 9.53 Å². The third kappa shape index (κ3) is 7.82. The number of likely N-dealkylation sites (N-methyl/N-ethyl adjacent to an activating group) is 2. The second-order valence-electron chi connectivity index (χ2n) is 5.93. The molecule has 0 radical (unpaired) electrons. The first-order valence-corrected chi connectivity index (χ1v) is 7.54. The number of carbonyl (C=O) groups excluding carboxylic acids is 1. The lowest BCUT2D eigenvalue weighted by Gasteiger charge is -2.31. The van der Waals surface area contributed by atoms with Crippen LogP contribution in [0.1, 0.15) is 34.1 Å². The number of nitrogens with one attached hydrogen (secondary N) is 1. The second-order valence-corrected chi connectivity index (χ2v) is 5.93. The van der Waals surface area contributed by atoms with E-state index in [0.717, 1.165) is 26.1 Å². The van der Waals surface area contributed by atoms with Crippen LogP contribution >= 0.6 is 0 Å². The zero-order valence-electron chi connectivity index (χ0n) is 14.3. The molecule has 1 N–H and O–H groups in total. The molecule has 5 nitrogen and oxygen atoms in total. The molecule has 0 aromatic carbocycles. The lowest BCUT2D eigenvalue weighted by molar-refractivity contribution is -0.143. The Labute approximate surface area is 124 Å². The van der Waals surface area contributed by atoms with E-state index >= 15 is 0 Å². The Morgan fingerprint density at radius 2 is 1.85 bits per heavy atom. The molecule has 2 unspecified atom stereocenters. The fourth-order valence-corrected chi connectivity index (χ4v) is 2.44. The fourth-order valence-electron chi connectivity index (χ4n) is 2.44. The van der Waals surface area contributed by atoms with E-state index in [4.69, 9.17) is 4.74 Å². The number of esters is 1. The monoisotopic (exact) mass is 287 g/mol. The first-order chi connectivity index (χ1) is 9.31. The summed E-state index contributed by atoms with van der Waals surface area (Å²) < 4.78 is 4.88. The lowest BCUT2D eigenvalue weighted by atomic mass is 10.1. The molecule has 0 aromatic heterocycles. The largest absolute Gasteiger partial charge is 0.468 e. The molecule has 0 saturated heterocycles. The molecule has 0 aliphatic carbocycles. The molecule has 0 aliphatic rings. The summed E-state index contributed by atoms with van der Waals surface area (Å²) in [4.78, 5) is 16.4. The Bertz CT molecular complexity index is 270. The van der Waals surface area contributed by atoms with Gasteiger partial charge in [-0.15, -0.1) is 0 Å². The molecule has 0 aromatic rings. The van der Waals surface area contributed by atoms with Gasteiger partial charge in [0.25, 0.3) is 0 Å². The topological polar surface area (TPSA) is 44.8 Å². The van der Waals surface area contributed by atoms with Crippen molar-refractivity contribution in [1.82, 2.24) is 15.1 Å². The highest BCUT2D eigenvalue weighted by atomic mass is 16.5. The van der Waals surface area contributed by atoms with E-state index in [1.54, 1.807) is 0 Å². The van der Waals surface area contributed by atoms with E-state index in [-0.39, 0.29) is 18.1 Å². The van der Waals surface area contributed by atoms with Crippen LogP contribution in [0.2, 0.25) is 0 Å². The number of nitrogens with zero attached hydrogens (tertiary/aromatic N) is 2. The fraction of sp³-hybridized carbons (Fsp3) is 0.933. The molecule has 0 saturated carbocycles. The zero-order valence-corrected chi connectivity index (χ0v) is 14.3. The first-order valence-electron chi connectivity index (χ1n) is 7.54. The van der Waals surface area contributed by atoms with Gasteiger partial charge in [0, 0.05) is 25.2 Å². The lowest BCUT2D eigenvalue weighted by Crippen LogP contribution is -2.46. The van der Waals surface area contributed by atoms with Crippen molar-refractivity contribution in [2.45, 2.75) is 52.2 Å². The van der Waals surface area contributed by atoms with Gasteiger partial charge in [-0.2, -0.15) is 0 Å². The summed E-state index contributed by atoms with van der Waals surface area (Å²) in [7, 11) is 5.62. The standard InChI is InChI=1S/C15H33N3O2/c1-8-18(13(4)11-17(5)6)10-9-14(15(19)20-7)16-12(2)3/h12-14,16H,8-11H2,1-7H3. The predicted molar refractivity (Wildman–Crippen MR) is 84.0 cm³/mol. The maximum absolute atomic E-state index is 11.8. The molecule has 0 aliphatic heterocycles. The first kappa shape index (κ1) is 19.4. The predicted octanol–water partition coefficient (Wildman–Crippen LogP) is 1.19. The maximum Gasteiger partial charge on any atom is 0.322 e. The Morgan fingerprint density at radius 1 is 1.25 bits per heavy atom. The molecular weight excluding hydrogens is 254 g/mol. The molecule has 0 rings (SSSR count). The minimum absolute atomic E-state index is 0.171. The number of hydrogen-bond donors (Lipinski definition) is 1. The van der Waals surface area contributed by atoms with E-state index in [2.05, 4.69) is 43.1 Å². The SMILES string of the molecule is CCN(CCC(NC(C)C)C(=O)OC)C(C)CN(C)C. The van der Waals surface area contributed by atoms with Crippen LogP contribution in [0, 0.1) is 0 Å². The summed E-state index contributed by atoms with van der Waals surface area (Å²) in [5.41, 5.74) is 0. The van der Waals surface area contributed by atoms with E-state index in [9.17, 15) is 4.79 Å². The van der Waals surface area contributed by atoms with Gasteiger partial charge in [-0.25, -0.2) is 0 Å². The second kappa shape index (κ2) is 10.1. The van der Waals surface area contributed by atoms with Gasteiger partial charge in [0.05, 0.1) is 7.11 Å². The molecule has 0 heterocycles. The minimum atomic E-state index is -0.222. The highest BCUT2D eigenvalue weighted by molar-refractivity contribution is 5.75. The Morgan fingerprint density at radius 3 is 2.25 bits per heavy atom. The molecule has 0 bridgehead atoms. The van der Waals surface area contributed by atoms with Crippen molar-refractivity contribution in [3.8, 4) is 0 Å². The van der Waals surface area contributed by atoms with E-state index in [1.807, 2.05) is 13.8 Å². The Hall–Kier alpha value is -0.650. The van der Waals surface area contributed by atoms with Crippen LogP contribution in [0.5, 0.6) is 0 Å². The van der Waals surface area contributed by atoms with Crippen molar-refractivity contribution in [3.63, 3.8) is 0 Å². The van der Waals surface area contributed by atoms with Gasteiger partial charge in [-0.1, -0.05) is 20.8 Å². The van der Waals surface area contributed by atoms with Crippen molar-refractivity contribution in [2.24, 2.45) is 0 Å². The molecule has 20 heavy (non-hydrogen) atoms. The summed E-state index contributed by atoms with van der Waals surface area (Å²) in [6, 6.07) is 0.529. The Balaban J connectivity index is 4.44. The van der Waals surface area contributed by atoms with Crippen LogP contribution < -0.4 is 5.32 Å². The quantitative estimate of drug-likeness (QED) is 0.612. The number of hydrogen-bond acceptors (Lipinski definition) is 5. The molecule has 2 atom stereocenters. The van der Waals surface area contributed by atoms with Gasteiger partial charge in [0.15, 0.2) is 0 Å². The van der Waals surface area contributed by atoms with E-state index in [1.165, 1.54) is 7.11 Å². The average Bonchev–Trinajstić information content (AvgIpc) is 2.35. The van der Waals surface area contributed by atoms with Gasteiger partial charge < -0.3 is 15.0 Å². The van der Waals surface area contributed by atoms with Gasteiger partial charge in [0.2, 0.25) is 0 Å². The molecule has 0 spiro atoms. The van der Waals surface area contributed by atoms with Gasteiger partial charge in [-0.05, 0) is 34.0 Å². The average molecular weight is 287 g/mol. The summed E-state index contributed by atoms with van der Waals surface area (Å²) in [6.07, 6.45) is 0.774. The molecule has 5 heteroatoms. The summed E-state index contributed by atoms with van der Waals surface area (Å²) in [5, 5.41) is 3.28. The molecule has 0 fully saturated rings. The van der Waals surface area contributed by atoms with Crippen molar-refractivity contribution in [3.05, 3.63) is 0 Å². The summed E-state index contributed by atoms with van der Waals surface area (Å²) in [6.45, 7) is 11.4. The minimum Gasteiger partial charge on any atom is -0.468 e. The summed E-state index contributed by atoms with van der Waals surface area (Å²) in [5.74, 6) is -0.171. The van der Waals surface area contributed by atoms with E-state index < -0.39 is 0 Å². The van der Waals surface area contributed by atoms with Gasteiger partial charge in [-0.3, -0.25) is 9.69 Å². The number of ether oxygens (including phenoxy) is 1. The Kier molecular flexibility index (Phi) is 9.80. The van der Waals surface area contributed by atoms with Crippen molar-refractivity contribution in [2.75, 3.05) is 40.8 Å². The van der Waals surface area contributed by atoms with Gasteiger partial charge >= 0.3 is 5.97 Å². The van der Waals surface area contributed by atoms with Crippen LogP contribution in [0.25, 0.3) is 0 Å². The van der Waals surface area contributed by atoms with E-state index in [0.29, 0.717) is 6.04 Å². The third-order valence-electron chi connectivity index (χ3n) is 3.38. The molecule has 0 amide bonds. The van der Waals surface area contributed by atoms with Crippen molar-refractivity contribution in [1.29, 1.82) is 0 Å². The van der Waals surface area contributed by atoms with Crippen LogP contribution in [-0.4, -0.2) is 74.7 Å². The highest BCUT2D eigenvalue weighted by Crippen LogP contribution is 2.05. The van der Waals surface area contributed by atoms with Crippen LogP contribution in [0.15, 0.2) is 0 Å². The third-order valence-corrected chi connectivity index (χ3v) is 3.38. The van der Waals surface area contributed by atoms with Crippen LogP contribution in [0.3, 0.4) is 0 Å². The van der Waals surface area contributed by atoms with Crippen molar-refractivity contribution >= 4 is 5.97 Å². The van der Waals surface area contributed by atoms with Crippen LogP contribution in [0.4, 0.5) is 0 Å². The van der Waals surface area contributed by atoms with Crippen LogP contribution in [-0.2, 0) is 9.53 Å². The van der Waals surface area contributed by atoms with Gasteiger partial charge in [0.1, 0.15) is 6.04 Å². The highest BCUT2D eigenvalue weighted by Gasteiger charge is 2.22. The number of rotatable bonds is 10. The smallest absolute Gasteiger partial charge is 0.322 e. The maximum atomic E-state index is 11.8. The molecular formula is C15H33N3O2. The number of methoxy groups -OCH3 is 1.